The van der Waals surface area contributed by atoms with Crippen LogP contribution in [-0.2, 0) is 14.2 Å². The van der Waals surface area contributed by atoms with Crippen LogP contribution in [0.1, 0.15) is 22.0 Å². The number of Topliss-reactive ketones (excluding diaryl/α,β-unsaturated/α-hetero) is 1. The summed E-state index contributed by atoms with van der Waals surface area (Å²) in [5.74, 6) is -1.44. The number of aliphatic hydroxyl groups is 1. The molecule has 2 aromatic rings. The zero-order valence-corrected chi connectivity index (χ0v) is 15.8. The van der Waals surface area contributed by atoms with E-state index in [1.54, 1.807) is 36.4 Å². The fourth-order valence-corrected chi connectivity index (χ4v) is 2.88. The minimum absolute atomic E-state index is 0.0567. The maximum atomic E-state index is 12.9. The number of rotatable bonds is 8. The number of benzene rings is 2. The van der Waals surface area contributed by atoms with Gasteiger partial charge in [0.2, 0.25) is 5.78 Å². The third-order valence-electron chi connectivity index (χ3n) is 4.30. The molecule has 2 unspecified atom stereocenters. The average Bonchev–Trinajstić information content (AvgIpc) is 2.73. The zero-order valence-electron chi connectivity index (χ0n) is 15.8. The fraction of sp³-hybridized carbons (Fsp3) is 0.350. The number of ether oxygens (including phenoxy) is 6. The Morgan fingerprint density at radius 2 is 1.57 bits per heavy atom. The minimum Gasteiger partial charge on any atom is -0.479 e. The Balaban J connectivity index is 1.93. The van der Waals surface area contributed by atoms with Gasteiger partial charge in [-0.3, -0.25) is 4.79 Å². The molecule has 2 aromatic carbocycles. The summed E-state index contributed by atoms with van der Waals surface area (Å²) in [5, 5.41) is 10.9. The molecule has 0 amide bonds. The number of ketones is 1. The SMILES string of the molecule is COCOc1ccc(C2Oc3cc(OCOC)ccc3C(=O)C2(O)OC)cc1. The molecule has 1 aliphatic heterocycles. The van der Waals surface area contributed by atoms with Crippen LogP contribution in [0, 0.1) is 0 Å². The quantitative estimate of drug-likeness (QED) is 0.687. The van der Waals surface area contributed by atoms with Crippen LogP contribution in [0.2, 0.25) is 0 Å². The first-order chi connectivity index (χ1) is 13.5. The van der Waals surface area contributed by atoms with Crippen molar-refractivity contribution in [3.63, 3.8) is 0 Å². The maximum absolute atomic E-state index is 12.9. The first kappa shape index (κ1) is 20.1. The molecule has 8 nitrogen and oxygen atoms in total. The summed E-state index contributed by atoms with van der Waals surface area (Å²) in [6.07, 6.45) is -1.08. The van der Waals surface area contributed by atoms with Crippen molar-refractivity contribution in [2.24, 2.45) is 0 Å². The van der Waals surface area contributed by atoms with Gasteiger partial charge in [0.1, 0.15) is 17.2 Å². The van der Waals surface area contributed by atoms with Gasteiger partial charge >= 0.3 is 0 Å². The second kappa shape index (κ2) is 8.57. The van der Waals surface area contributed by atoms with Crippen molar-refractivity contribution in [1.82, 2.24) is 0 Å². The van der Waals surface area contributed by atoms with Gasteiger partial charge in [0, 0.05) is 27.4 Å². The molecular formula is C20H22O8. The lowest BCUT2D eigenvalue weighted by Gasteiger charge is -2.38. The standard InChI is InChI=1S/C20H22O8/c1-23-11-26-14-6-4-13(5-7-14)19-20(22,25-3)18(21)16-9-8-15(27-12-24-2)10-17(16)28-19/h4-10,19,22H,11-12H2,1-3H3. The smallest absolute Gasteiger partial charge is 0.273 e. The van der Waals surface area contributed by atoms with E-state index in [9.17, 15) is 9.90 Å². The highest BCUT2D eigenvalue weighted by Crippen LogP contribution is 2.43. The summed E-state index contributed by atoms with van der Waals surface area (Å²) >= 11 is 0. The van der Waals surface area contributed by atoms with E-state index in [2.05, 4.69) is 0 Å². The minimum atomic E-state index is -2.17. The van der Waals surface area contributed by atoms with E-state index in [1.807, 2.05) is 0 Å². The van der Waals surface area contributed by atoms with Crippen molar-refractivity contribution >= 4 is 5.78 Å². The van der Waals surface area contributed by atoms with Crippen LogP contribution < -0.4 is 14.2 Å². The normalized spacial score (nSPS) is 21.0. The molecule has 0 fully saturated rings. The lowest BCUT2D eigenvalue weighted by atomic mass is 9.90. The molecule has 0 saturated carbocycles. The van der Waals surface area contributed by atoms with Crippen LogP contribution in [-0.4, -0.2) is 51.6 Å². The van der Waals surface area contributed by atoms with Gasteiger partial charge in [-0.1, -0.05) is 12.1 Å². The molecule has 0 radical (unpaired) electrons. The third-order valence-corrected chi connectivity index (χ3v) is 4.30. The van der Waals surface area contributed by atoms with Crippen LogP contribution in [0.25, 0.3) is 0 Å². The molecule has 0 aliphatic carbocycles. The molecule has 1 N–H and O–H groups in total. The topological polar surface area (TPSA) is 92.7 Å². The molecule has 0 saturated heterocycles. The van der Waals surface area contributed by atoms with E-state index >= 15 is 0 Å². The first-order valence-corrected chi connectivity index (χ1v) is 8.50. The highest BCUT2D eigenvalue weighted by Gasteiger charge is 2.52. The molecule has 8 heteroatoms. The summed E-state index contributed by atoms with van der Waals surface area (Å²) in [5.41, 5.74) is 0.738. The van der Waals surface area contributed by atoms with E-state index in [1.165, 1.54) is 27.4 Å². The van der Waals surface area contributed by atoms with Crippen LogP contribution in [0.5, 0.6) is 17.2 Å². The van der Waals surface area contributed by atoms with E-state index in [4.69, 9.17) is 28.4 Å². The van der Waals surface area contributed by atoms with Crippen LogP contribution in [0.15, 0.2) is 42.5 Å². The van der Waals surface area contributed by atoms with E-state index in [0.717, 1.165) is 0 Å². The predicted molar refractivity (Wildman–Crippen MR) is 97.6 cm³/mol. The van der Waals surface area contributed by atoms with E-state index in [0.29, 0.717) is 17.1 Å². The number of methoxy groups -OCH3 is 3. The molecule has 1 heterocycles. The van der Waals surface area contributed by atoms with Gasteiger partial charge in [-0.15, -0.1) is 0 Å². The van der Waals surface area contributed by atoms with Crippen molar-refractivity contribution in [3.05, 3.63) is 53.6 Å². The Kier molecular flexibility index (Phi) is 6.15. The zero-order chi connectivity index (χ0) is 20.1. The van der Waals surface area contributed by atoms with Crippen LogP contribution >= 0.6 is 0 Å². The molecule has 0 bridgehead atoms. The Labute approximate surface area is 162 Å². The van der Waals surface area contributed by atoms with E-state index in [-0.39, 0.29) is 24.9 Å². The van der Waals surface area contributed by atoms with E-state index < -0.39 is 17.7 Å². The maximum Gasteiger partial charge on any atom is 0.273 e. The highest BCUT2D eigenvalue weighted by atomic mass is 16.7. The average molecular weight is 390 g/mol. The highest BCUT2D eigenvalue weighted by molar-refractivity contribution is 6.05. The van der Waals surface area contributed by atoms with Crippen molar-refractivity contribution in [2.45, 2.75) is 11.9 Å². The molecule has 28 heavy (non-hydrogen) atoms. The molecule has 1 aliphatic rings. The van der Waals surface area contributed by atoms with Gasteiger partial charge in [-0.05, 0) is 29.8 Å². The number of hydrogen-bond acceptors (Lipinski definition) is 8. The van der Waals surface area contributed by atoms with Gasteiger partial charge in [0.05, 0.1) is 5.56 Å². The van der Waals surface area contributed by atoms with Crippen LogP contribution in [0.3, 0.4) is 0 Å². The summed E-state index contributed by atoms with van der Waals surface area (Å²) in [7, 11) is 4.29. The fourth-order valence-electron chi connectivity index (χ4n) is 2.88. The lowest BCUT2D eigenvalue weighted by Crippen LogP contribution is -2.51. The molecule has 2 atom stereocenters. The number of fused-ring (bicyclic) bond motifs is 1. The largest absolute Gasteiger partial charge is 0.479 e. The Hall–Kier alpha value is -2.65. The summed E-state index contributed by atoms with van der Waals surface area (Å²) in [4.78, 5) is 12.9. The third kappa shape index (κ3) is 3.81. The van der Waals surface area contributed by atoms with Crippen molar-refractivity contribution in [3.8, 4) is 17.2 Å². The summed E-state index contributed by atoms with van der Waals surface area (Å²) < 4.78 is 31.6. The molecule has 0 spiro atoms. The monoisotopic (exact) mass is 390 g/mol. The molecular weight excluding hydrogens is 368 g/mol. The Morgan fingerprint density at radius 1 is 0.964 bits per heavy atom. The van der Waals surface area contributed by atoms with Gasteiger partial charge in [-0.2, -0.15) is 0 Å². The second-order valence-electron chi connectivity index (χ2n) is 6.06. The predicted octanol–water partition coefficient (Wildman–Crippen LogP) is 2.30. The van der Waals surface area contributed by atoms with Gasteiger partial charge in [0.25, 0.3) is 5.79 Å². The lowest BCUT2D eigenvalue weighted by molar-refractivity contribution is -0.205. The van der Waals surface area contributed by atoms with Gasteiger partial charge in [-0.25, -0.2) is 0 Å². The molecule has 150 valence electrons. The summed E-state index contributed by atoms with van der Waals surface area (Å²) in [6.45, 7) is 0.165. The van der Waals surface area contributed by atoms with Crippen molar-refractivity contribution in [2.75, 3.05) is 34.9 Å². The van der Waals surface area contributed by atoms with Crippen LogP contribution in [0.4, 0.5) is 0 Å². The Morgan fingerprint density at radius 3 is 2.18 bits per heavy atom. The number of hydrogen-bond donors (Lipinski definition) is 1. The van der Waals surface area contributed by atoms with Crippen molar-refractivity contribution < 1.29 is 38.3 Å². The van der Waals surface area contributed by atoms with Crippen molar-refractivity contribution in [1.29, 1.82) is 0 Å². The molecule has 0 aromatic heterocycles. The number of carbonyl (C=O) groups is 1. The molecule has 3 rings (SSSR count). The first-order valence-electron chi connectivity index (χ1n) is 8.50. The van der Waals surface area contributed by atoms with Gasteiger partial charge in [0.15, 0.2) is 19.7 Å². The number of carbonyl (C=O) groups excluding carboxylic acids is 1. The summed E-state index contributed by atoms with van der Waals surface area (Å²) in [6, 6.07) is 11.4. The Bertz CT molecular complexity index is 819. The van der Waals surface area contributed by atoms with Gasteiger partial charge < -0.3 is 33.5 Å². The second-order valence-corrected chi connectivity index (χ2v) is 6.06.